The lowest BCUT2D eigenvalue weighted by atomic mass is 9.81. The van der Waals surface area contributed by atoms with E-state index in [1.54, 1.807) is 30.3 Å². The molecule has 2 aliphatic heterocycles. The van der Waals surface area contributed by atoms with E-state index in [-0.39, 0.29) is 48.8 Å². The van der Waals surface area contributed by atoms with Gasteiger partial charge >= 0.3 is 5.97 Å². The molecule has 13 nitrogen and oxygen atoms in total. The van der Waals surface area contributed by atoms with Gasteiger partial charge in [-0.2, -0.15) is 4.58 Å². The molecule has 2 aromatic rings. The quantitative estimate of drug-likeness (QED) is 0.104. The molecule has 0 atom stereocenters. The smallest absolute Gasteiger partial charge is 0.303 e. The number of benzene rings is 2. The predicted molar refractivity (Wildman–Crippen MR) is 194 cm³/mol. The summed E-state index contributed by atoms with van der Waals surface area (Å²) in [5, 5.41) is 11.2. The first-order valence-corrected chi connectivity index (χ1v) is 19.2. The Balaban J connectivity index is 1.45. The first-order valence-electron chi connectivity index (χ1n) is 16.2. The molecule has 6 N–H and O–H groups in total. The lowest BCUT2D eigenvalue weighted by Gasteiger charge is -2.23. The topological polar surface area (TPSA) is 191 Å². The van der Waals surface area contributed by atoms with Crippen molar-refractivity contribution in [1.82, 2.24) is 14.8 Å². The molecule has 270 valence electrons. The van der Waals surface area contributed by atoms with Crippen LogP contribution in [-0.4, -0.2) is 84.4 Å². The molecular formula is C35H47N6O7S2+. The van der Waals surface area contributed by atoms with Gasteiger partial charge in [0.15, 0.2) is 5.71 Å². The molecular weight excluding hydrogens is 681 g/mol. The molecule has 2 aliphatic rings. The average Bonchev–Trinajstić information content (AvgIpc) is 3.37. The highest BCUT2D eigenvalue weighted by atomic mass is 32.2. The van der Waals surface area contributed by atoms with E-state index in [1.165, 1.54) is 0 Å². The van der Waals surface area contributed by atoms with Gasteiger partial charge < -0.3 is 21.1 Å². The monoisotopic (exact) mass is 727 g/mol. The van der Waals surface area contributed by atoms with Crippen molar-refractivity contribution >= 4 is 49.0 Å². The number of aliphatic carboxylic acids is 1. The van der Waals surface area contributed by atoms with Crippen LogP contribution in [-0.2, 0) is 40.5 Å². The second kappa shape index (κ2) is 15.0. The number of anilines is 1. The van der Waals surface area contributed by atoms with Crippen molar-refractivity contribution < 1.29 is 36.1 Å². The second-order valence-electron chi connectivity index (χ2n) is 13.2. The Morgan fingerprint density at radius 2 is 1.48 bits per heavy atom. The molecule has 0 unspecified atom stereocenters. The fraction of sp³-hybridized carbons (Fsp3) is 0.400. The van der Waals surface area contributed by atoms with E-state index >= 15 is 0 Å². The number of sulfonamides is 2. The molecule has 0 bridgehead atoms. The van der Waals surface area contributed by atoms with Crippen molar-refractivity contribution in [2.75, 3.05) is 45.2 Å². The summed E-state index contributed by atoms with van der Waals surface area (Å²) < 4.78 is 58.7. The Morgan fingerprint density at radius 3 is 2.12 bits per heavy atom. The van der Waals surface area contributed by atoms with Crippen molar-refractivity contribution in [3.63, 3.8) is 0 Å². The molecule has 2 aromatic carbocycles. The first-order chi connectivity index (χ1) is 23.3. The Morgan fingerprint density at radius 1 is 0.860 bits per heavy atom. The molecule has 2 heterocycles. The summed E-state index contributed by atoms with van der Waals surface area (Å²) in [5.74, 6) is -1.54. The highest BCUT2D eigenvalue weighted by molar-refractivity contribution is 7.89. The van der Waals surface area contributed by atoms with Crippen LogP contribution in [0, 0.1) is 0 Å². The highest BCUT2D eigenvalue weighted by Crippen LogP contribution is 2.47. The summed E-state index contributed by atoms with van der Waals surface area (Å²) in [7, 11) is -3.65. The molecule has 4 rings (SSSR count). The minimum atomic E-state index is -3.87. The van der Waals surface area contributed by atoms with Gasteiger partial charge in [-0.1, -0.05) is 32.1 Å². The predicted octanol–water partition coefficient (Wildman–Crippen LogP) is 2.61. The number of nitrogens with one attached hydrogen (secondary N) is 3. The number of likely N-dealkylation sites (N-methyl/N-ethyl adjacent to an activating group) is 1. The van der Waals surface area contributed by atoms with Gasteiger partial charge in [0.2, 0.25) is 31.6 Å². The Hall–Kier alpha value is -4.15. The van der Waals surface area contributed by atoms with Crippen molar-refractivity contribution in [2.45, 2.75) is 61.2 Å². The highest BCUT2D eigenvalue weighted by Gasteiger charge is 2.43. The van der Waals surface area contributed by atoms with E-state index in [2.05, 4.69) is 33.2 Å². The summed E-state index contributed by atoms with van der Waals surface area (Å²) >= 11 is 0. The van der Waals surface area contributed by atoms with Crippen molar-refractivity contribution in [3.05, 3.63) is 83.6 Å². The van der Waals surface area contributed by atoms with Crippen LogP contribution in [0.5, 0.6) is 0 Å². The maximum Gasteiger partial charge on any atom is 0.303 e. The number of nitrogens with zero attached hydrogens (tertiary/aromatic N) is 2. The maximum absolute atomic E-state index is 13.1. The number of amides is 1. The standard InChI is InChI=1S/C35H46N6O7S2/c1-34(2)26-22-24(49(45,46)38-19-18-36)12-14-28(26)40(5)30(34)10-8-7-9-11-31-35(3,4)27-23-25(13-15-29(27)41(31)6)50(47,48)39-21-20-37-32(42)16-17-33(43)44/h7-15,22-23,38-39H,16-21,36H2,1-6H3,(H-,37,42,43,44)/p+1. The van der Waals surface area contributed by atoms with Crippen molar-refractivity contribution in [2.24, 2.45) is 5.73 Å². The maximum atomic E-state index is 13.1. The van der Waals surface area contributed by atoms with Crippen molar-refractivity contribution in [3.8, 4) is 0 Å². The van der Waals surface area contributed by atoms with E-state index in [4.69, 9.17) is 10.8 Å². The van der Waals surface area contributed by atoms with E-state index < -0.39 is 42.8 Å². The number of carboxylic acid groups (broad SMARTS) is 1. The number of carbonyl (C=O) groups excluding carboxylic acids is 1. The van der Waals surface area contributed by atoms with Gasteiger partial charge in [-0.05, 0) is 55.8 Å². The zero-order valence-corrected chi connectivity index (χ0v) is 30.9. The molecule has 0 aromatic heterocycles. The molecule has 50 heavy (non-hydrogen) atoms. The minimum Gasteiger partial charge on any atom is -0.481 e. The van der Waals surface area contributed by atoms with E-state index in [0.29, 0.717) is 0 Å². The number of fused-ring (bicyclic) bond motifs is 2. The van der Waals surface area contributed by atoms with Gasteiger partial charge in [-0.15, -0.1) is 0 Å². The molecule has 0 fully saturated rings. The number of rotatable bonds is 15. The zero-order valence-electron chi connectivity index (χ0n) is 29.3. The van der Waals surface area contributed by atoms with Gasteiger partial charge in [0.05, 0.1) is 21.6 Å². The third-order valence-corrected chi connectivity index (χ3v) is 12.0. The van der Waals surface area contributed by atoms with Crippen LogP contribution in [0.1, 0.15) is 51.7 Å². The Kier molecular flexibility index (Phi) is 11.6. The van der Waals surface area contributed by atoms with Gasteiger partial charge in [0.1, 0.15) is 7.05 Å². The number of nitrogens with two attached hydrogens (primary N) is 1. The van der Waals surface area contributed by atoms with Crippen LogP contribution in [0.3, 0.4) is 0 Å². The van der Waals surface area contributed by atoms with Crippen LogP contribution in [0.2, 0.25) is 0 Å². The number of carbonyl (C=O) groups is 2. The van der Waals surface area contributed by atoms with Gasteiger partial charge in [-0.3, -0.25) is 9.59 Å². The Labute approximate surface area is 294 Å². The molecule has 15 heteroatoms. The molecule has 0 saturated carbocycles. The summed E-state index contributed by atoms with van der Waals surface area (Å²) in [5.41, 5.74) is 10.1. The van der Waals surface area contributed by atoms with Gasteiger partial charge in [-0.25, -0.2) is 26.3 Å². The van der Waals surface area contributed by atoms with Gasteiger partial charge in [0, 0.05) is 74.2 Å². The van der Waals surface area contributed by atoms with Crippen molar-refractivity contribution in [1.29, 1.82) is 0 Å². The fourth-order valence-corrected chi connectivity index (χ4v) is 8.51. The molecule has 0 saturated heterocycles. The van der Waals surface area contributed by atoms with Crippen LogP contribution < -0.4 is 25.4 Å². The number of carboxylic acids is 1. The number of hydrogen-bond acceptors (Lipinski definition) is 8. The SMILES string of the molecule is CN1\C(=C/C=C/C=C/C2=[N+](C)c3ccc(S(=O)(=O)NCCN)cc3C2(C)C)C(C)(C)c2cc(S(=O)(=O)NCCNC(=O)CCC(=O)O)ccc21. The average molecular weight is 728 g/mol. The van der Waals surface area contributed by atoms with E-state index in [9.17, 15) is 26.4 Å². The van der Waals surface area contributed by atoms with Crippen LogP contribution in [0.25, 0.3) is 0 Å². The number of allylic oxidation sites excluding steroid dienone is 6. The lowest BCUT2D eigenvalue weighted by molar-refractivity contribution is -0.401. The second-order valence-corrected chi connectivity index (χ2v) is 16.8. The normalized spacial score (nSPS) is 17.6. The molecule has 0 aliphatic carbocycles. The molecule has 1 amide bonds. The van der Waals surface area contributed by atoms with Crippen LogP contribution in [0.15, 0.2) is 82.3 Å². The molecule has 0 radical (unpaired) electrons. The van der Waals surface area contributed by atoms with Crippen LogP contribution in [0.4, 0.5) is 11.4 Å². The third-order valence-electron chi connectivity index (χ3n) is 9.10. The zero-order chi connectivity index (χ0) is 37.1. The summed E-state index contributed by atoms with van der Waals surface area (Å²) in [6, 6.07) is 10.1. The van der Waals surface area contributed by atoms with E-state index in [0.717, 1.165) is 33.9 Å². The Bertz CT molecular complexity index is 2010. The van der Waals surface area contributed by atoms with E-state index in [1.807, 2.05) is 69.3 Å². The van der Waals surface area contributed by atoms with Gasteiger partial charge in [0.25, 0.3) is 0 Å². The van der Waals surface area contributed by atoms with Crippen LogP contribution >= 0.6 is 0 Å². The summed E-state index contributed by atoms with van der Waals surface area (Å²) in [6.45, 7) is 8.54. The largest absolute Gasteiger partial charge is 0.481 e. The number of hydrogen-bond donors (Lipinski definition) is 5. The molecule has 0 spiro atoms. The lowest BCUT2D eigenvalue weighted by Crippen LogP contribution is -2.34. The first kappa shape index (κ1) is 38.6. The fourth-order valence-electron chi connectivity index (χ4n) is 6.38. The third kappa shape index (κ3) is 8.08. The summed E-state index contributed by atoms with van der Waals surface area (Å²) in [4.78, 5) is 24.7. The summed E-state index contributed by atoms with van der Waals surface area (Å²) in [6.07, 6.45) is 9.34. The minimum absolute atomic E-state index is 0.0308.